The van der Waals surface area contributed by atoms with Gasteiger partial charge in [0, 0.05) is 13.1 Å². The highest BCUT2D eigenvalue weighted by molar-refractivity contribution is 7.80. The topological polar surface area (TPSA) is 24.1 Å². The fourth-order valence-corrected chi connectivity index (χ4v) is 0.847. The molecule has 0 saturated carbocycles. The lowest BCUT2D eigenvalue weighted by molar-refractivity contribution is 0.744. The Morgan fingerprint density at radius 1 is 1.42 bits per heavy atom. The van der Waals surface area contributed by atoms with Gasteiger partial charge in [0.1, 0.15) is 0 Å². The molecule has 0 aromatic rings. The fourth-order valence-electron chi connectivity index (χ4n) is 0.672. The minimum absolute atomic E-state index is 0.728. The molecule has 2 nitrogen and oxygen atoms in total. The maximum absolute atomic E-state index is 5.02. The van der Waals surface area contributed by atoms with Crippen LogP contribution < -0.4 is 10.6 Å². The predicted molar refractivity (Wildman–Crippen MR) is 58.3 cm³/mol. The minimum atomic E-state index is 0.728. The molecule has 12 heavy (non-hydrogen) atoms. The molecular weight excluding hydrogens is 168 g/mol. The van der Waals surface area contributed by atoms with E-state index in [2.05, 4.69) is 24.1 Å². The lowest BCUT2D eigenvalue weighted by atomic mass is 10.3. The average molecular weight is 186 g/mol. The molecule has 2 N–H and O–H groups in total. The van der Waals surface area contributed by atoms with Crippen molar-refractivity contribution in [3.8, 4) is 0 Å². The van der Waals surface area contributed by atoms with Gasteiger partial charge in [-0.15, -0.1) is 0 Å². The Balaban J connectivity index is 3.28. The average Bonchev–Trinajstić information content (AvgIpc) is 2.01. The van der Waals surface area contributed by atoms with Crippen LogP contribution in [0.1, 0.15) is 26.7 Å². The lowest BCUT2D eigenvalue weighted by Crippen LogP contribution is -2.36. The van der Waals surface area contributed by atoms with Crippen molar-refractivity contribution < 1.29 is 0 Å². The van der Waals surface area contributed by atoms with Crippen LogP contribution in [0, 0.1) is 0 Å². The maximum Gasteiger partial charge on any atom is 0.166 e. The largest absolute Gasteiger partial charge is 0.363 e. The number of thiocarbonyl (C=S) groups is 1. The summed E-state index contributed by atoms with van der Waals surface area (Å²) in [5.74, 6) is 0. The van der Waals surface area contributed by atoms with Gasteiger partial charge in [-0.05, 0) is 25.6 Å². The van der Waals surface area contributed by atoms with Crippen molar-refractivity contribution in [2.75, 3.05) is 13.1 Å². The van der Waals surface area contributed by atoms with Crippen molar-refractivity contribution in [3.05, 3.63) is 12.2 Å². The number of unbranched alkanes of at least 4 members (excludes halogenated alkanes) is 1. The van der Waals surface area contributed by atoms with Gasteiger partial charge >= 0.3 is 0 Å². The van der Waals surface area contributed by atoms with Crippen LogP contribution in [0.3, 0.4) is 0 Å². The fraction of sp³-hybridized carbons (Fsp3) is 0.667. The number of nitrogens with one attached hydrogen (secondary N) is 2. The Kier molecular flexibility index (Phi) is 6.76. The van der Waals surface area contributed by atoms with Gasteiger partial charge in [-0.3, -0.25) is 0 Å². The van der Waals surface area contributed by atoms with Crippen LogP contribution >= 0.6 is 12.2 Å². The third kappa shape index (κ3) is 7.54. The number of hydrogen-bond acceptors (Lipinski definition) is 1. The van der Waals surface area contributed by atoms with Crippen molar-refractivity contribution in [1.29, 1.82) is 0 Å². The van der Waals surface area contributed by atoms with Crippen molar-refractivity contribution in [1.82, 2.24) is 10.6 Å². The molecule has 70 valence electrons. The molecule has 0 unspecified atom stereocenters. The van der Waals surface area contributed by atoms with Crippen LogP contribution in [0.5, 0.6) is 0 Å². The van der Waals surface area contributed by atoms with Crippen molar-refractivity contribution in [3.63, 3.8) is 0 Å². The third-order valence-corrected chi connectivity index (χ3v) is 1.66. The lowest BCUT2D eigenvalue weighted by Gasteiger charge is -2.09. The molecule has 0 atom stereocenters. The minimum Gasteiger partial charge on any atom is -0.363 e. The molecule has 0 heterocycles. The Morgan fingerprint density at radius 3 is 2.58 bits per heavy atom. The summed E-state index contributed by atoms with van der Waals surface area (Å²) in [5.41, 5.74) is 1.09. The SMILES string of the molecule is C=C(C)CNC(=S)NCCCC. The molecule has 0 saturated heterocycles. The van der Waals surface area contributed by atoms with Gasteiger partial charge in [-0.25, -0.2) is 0 Å². The molecule has 0 bridgehead atoms. The van der Waals surface area contributed by atoms with Gasteiger partial charge in [0.15, 0.2) is 5.11 Å². The maximum atomic E-state index is 5.02. The Morgan fingerprint density at radius 2 is 2.08 bits per heavy atom. The van der Waals surface area contributed by atoms with Gasteiger partial charge in [-0.1, -0.05) is 25.5 Å². The van der Waals surface area contributed by atoms with Crippen LogP contribution in [0.4, 0.5) is 0 Å². The van der Waals surface area contributed by atoms with Crippen LogP contribution in [0.25, 0.3) is 0 Å². The zero-order chi connectivity index (χ0) is 9.40. The number of rotatable bonds is 5. The molecule has 3 heteroatoms. The number of hydrogen-bond donors (Lipinski definition) is 2. The van der Waals surface area contributed by atoms with Gasteiger partial charge < -0.3 is 10.6 Å². The van der Waals surface area contributed by atoms with E-state index in [-0.39, 0.29) is 0 Å². The standard InChI is InChI=1S/C9H18N2S/c1-4-5-6-10-9(12)11-7-8(2)3/h2,4-7H2,1,3H3,(H2,10,11,12). The smallest absolute Gasteiger partial charge is 0.166 e. The summed E-state index contributed by atoms with van der Waals surface area (Å²) < 4.78 is 0. The van der Waals surface area contributed by atoms with Gasteiger partial charge in [0.2, 0.25) is 0 Å². The summed E-state index contributed by atoms with van der Waals surface area (Å²) in [7, 11) is 0. The summed E-state index contributed by atoms with van der Waals surface area (Å²) in [4.78, 5) is 0. The molecule has 0 aliphatic heterocycles. The first kappa shape index (κ1) is 11.4. The molecule has 0 aromatic carbocycles. The van der Waals surface area contributed by atoms with Gasteiger partial charge in [0.05, 0.1) is 0 Å². The molecular formula is C9H18N2S. The highest BCUT2D eigenvalue weighted by atomic mass is 32.1. The van der Waals surface area contributed by atoms with E-state index in [0.29, 0.717) is 0 Å². The van der Waals surface area contributed by atoms with E-state index in [1.165, 1.54) is 6.42 Å². The van der Waals surface area contributed by atoms with E-state index < -0.39 is 0 Å². The van der Waals surface area contributed by atoms with Crippen molar-refractivity contribution in [2.24, 2.45) is 0 Å². The second-order valence-corrected chi connectivity index (χ2v) is 3.33. The molecule has 0 radical (unpaired) electrons. The Labute approximate surface area is 80.4 Å². The summed E-state index contributed by atoms with van der Waals surface area (Å²) in [6.45, 7) is 9.63. The van der Waals surface area contributed by atoms with E-state index in [9.17, 15) is 0 Å². The van der Waals surface area contributed by atoms with Crippen LogP contribution in [0.2, 0.25) is 0 Å². The summed E-state index contributed by atoms with van der Waals surface area (Å²) in [6.07, 6.45) is 2.35. The normalized spacial score (nSPS) is 9.17. The van der Waals surface area contributed by atoms with E-state index in [4.69, 9.17) is 12.2 Å². The van der Waals surface area contributed by atoms with Gasteiger partial charge in [-0.2, -0.15) is 0 Å². The van der Waals surface area contributed by atoms with E-state index in [0.717, 1.165) is 30.2 Å². The molecule has 0 spiro atoms. The van der Waals surface area contributed by atoms with Crippen LogP contribution in [-0.2, 0) is 0 Å². The molecule has 0 aliphatic rings. The summed E-state index contributed by atoms with van der Waals surface area (Å²) in [6, 6.07) is 0. The Hall–Kier alpha value is -0.570. The molecule has 0 fully saturated rings. The third-order valence-electron chi connectivity index (χ3n) is 1.37. The zero-order valence-corrected chi connectivity index (χ0v) is 8.76. The van der Waals surface area contributed by atoms with E-state index in [1.54, 1.807) is 0 Å². The first-order chi connectivity index (χ1) is 5.66. The second kappa shape index (κ2) is 7.10. The monoisotopic (exact) mass is 186 g/mol. The molecule has 0 rings (SSSR count). The van der Waals surface area contributed by atoms with Crippen LogP contribution in [-0.4, -0.2) is 18.2 Å². The quantitative estimate of drug-likeness (QED) is 0.389. The first-order valence-corrected chi connectivity index (χ1v) is 4.73. The molecule has 0 amide bonds. The highest BCUT2D eigenvalue weighted by Crippen LogP contribution is 1.84. The van der Waals surface area contributed by atoms with E-state index >= 15 is 0 Å². The predicted octanol–water partition coefficient (Wildman–Crippen LogP) is 1.83. The van der Waals surface area contributed by atoms with Crippen molar-refractivity contribution >= 4 is 17.3 Å². The summed E-state index contributed by atoms with van der Waals surface area (Å²) in [5, 5.41) is 6.91. The van der Waals surface area contributed by atoms with Gasteiger partial charge in [0.25, 0.3) is 0 Å². The molecule has 0 aromatic heterocycles. The van der Waals surface area contributed by atoms with Crippen LogP contribution in [0.15, 0.2) is 12.2 Å². The van der Waals surface area contributed by atoms with E-state index in [1.807, 2.05) is 6.92 Å². The highest BCUT2D eigenvalue weighted by Gasteiger charge is 1.92. The van der Waals surface area contributed by atoms with Crippen molar-refractivity contribution in [2.45, 2.75) is 26.7 Å². The summed E-state index contributed by atoms with van der Waals surface area (Å²) >= 11 is 5.02. The zero-order valence-electron chi connectivity index (χ0n) is 7.94. The first-order valence-electron chi connectivity index (χ1n) is 4.33. The second-order valence-electron chi connectivity index (χ2n) is 2.92. The Bertz CT molecular complexity index is 155. The molecule has 0 aliphatic carbocycles.